The zero-order chi connectivity index (χ0) is 17.2. The van der Waals surface area contributed by atoms with Gasteiger partial charge < -0.3 is 4.90 Å². The first kappa shape index (κ1) is 15.8. The van der Waals surface area contributed by atoms with Gasteiger partial charge in [0.1, 0.15) is 11.9 Å². The molecule has 7 heteroatoms. The predicted octanol–water partition coefficient (Wildman–Crippen LogP) is 1.31. The Bertz CT molecular complexity index is 859. The van der Waals surface area contributed by atoms with Crippen LogP contribution in [0.4, 0.5) is 5.82 Å². The lowest BCUT2D eigenvalue weighted by Gasteiger charge is -2.32. The molecule has 1 saturated heterocycles. The summed E-state index contributed by atoms with van der Waals surface area (Å²) in [7, 11) is 0. The predicted molar refractivity (Wildman–Crippen MR) is 92.2 cm³/mol. The average Bonchev–Trinajstić information content (AvgIpc) is 3.10. The van der Waals surface area contributed by atoms with Crippen LogP contribution in [-0.4, -0.2) is 32.8 Å². The summed E-state index contributed by atoms with van der Waals surface area (Å²) in [6.07, 6.45) is 8.24. The number of fused-ring (bicyclic) bond motifs is 1. The molecule has 7 nitrogen and oxygen atoms in total. The second-order valence-corrected chi connectivity index (χ2v) is 6.79. The first-order valence-corrected chi connectivity index (χ1v) is 8.80. The van der Waals surface area contributed by atoms with Crippen molar-refractivity contribution >= 4 is 5.82 Å². The minimum Gasteiger partial charge on any atom is -0.355 e. The summed E-state index contributed by atoms with van der Waals surface area (Å²) < 4.78 is 1.66. The van der Waals surface area contributed by atoms with Crippen molar-refractivity contribution < 1.29 is 0 Å². The Kier molecular flexibility index (Phi) is 4.18. The highest BCUT2D eigenvalue weighted by Gasteiger charge is 2.22. The van der Waals surface area contributed by atoms with E-state index in [2.05, 4.69) is 20.0 Å². The number of piperidine rings is 1. The van der Waals surface area contributed by atoms with E-state index in [9.17, 15) is 4.79 Å². The summed E-state index contributed by atoms with van der Waals surface area (Å²) in [5.41, 5.74) is 2.60. The quantitative estimate of drug-likeness (QED) is 0.840. The number of hydrogen-bond donors (Lipinski definition) is 0. The molecule has 0 N–H and O–H groups in total. The molecule has 0 spiro atoms. The van der Waals surface area contributed by atoms with Gasteiger partial charge in [0, 0.05) is 25.7 Å². The number of anilines is 1. The van der Waals surface area contributed by atoms with Gasteiger partial charge in [0.2, 0.25) is 0 Å². The Hall–Kier alpha value is -2.75. The van der Waals surface area contributed by atoms with Crippen molar-refractivity contribution in [1.82, 2.24) is 19.7 Å². The molecule has 2 aromatic rings. The number of rotatable bonds is 3. The van der Waals surface area contributed by atoms with Crippen LogP contribution < -0.4 is 10.5 Å². The smallest absolute Gasteiger partial charge is 0.267 e. The Balaban J connectivity index is 1.39. The first-order valence-electron chi connectivity index (χ1n) is 8.80. The van der Waals surface area contributed by atoms with E-state index in [4.69, 9.17) is 5.26 Å². The lowest BCUT2D eigenvalue weighted by atomic mass is 9.97. The molecule has 2 aromatic heterocycles. The second kappa shape index (κ2) is 6.63. The largest absolute Gasteiger partial charge is 0.355 e. The van der Waals surface area contributed by atoms with Crippen LogP contribution in [0, 0.1) is 17.2 Å². The van der Waals surface area contributed by atoms with Crippen LogP contribution >= 0.6 is 0 Å². The normalized spacial score (nSPS) is 17.3. The van der Waals surface area contributed by atoms with Gasteiger partial charge in [-0.15, -0.1) is 0 Å². The van der Waals surface area contributed by atoms with Gasteiger partial charge in [-0.25, -0.2) is 14.6 Å². The van der Waals surface area contributed by atoms with Crippen LogP contribution in [-0.2, 0) is 19.4 Å². The van der Waals surface area contributed by atoms with Crippen LogP contribution in [0.1, 0.15) is 36.2 Å². The van der Waals surface area contributed by atoms with Crippen molar-refractivity contribution in [3.05, 3.63) is 45.8 Å². The molecule has 4 rings (SSSR count). The molecular weight excluding hydrogens is 316 g/mol. The zero-order valence-corrected chi connectivity index (χ0v) is 14.1. The molecule has 0 radical (unpaired) electrons. The fraction of sp³-hybridized carbons (Fsp3) is 0.500. The summed E-state index contributed by atoms with van der Waals surface area (Å²) in [4.78, 5) is 22.8. The number of hydrogen-bond acceptors (Lipinski definition) is 6. The molecule has 25 heavy (non-hydrogen) atoms. The standard InChI is InChI=1S/C18H20N6O/c19-9-15-10-21-17(11-20-15)23-6-4-13(5-7-23)12-24-18(25)8-14-2-1-3-16(14)22-24/h8,10-11,13H,1-7,12H2. The Morgan fingerprint density at radius 3 is 2.76 bits per heavy atom. The van der Waals surface area contributed by atoms with E-state index in [1.54, 1.807) is 16.9 Å². The van der Waals surface area contributed by atoms with Gasteiger partial charge in [0.15, 0.2) is 5.69 Å². The minimum absolute atomic E-state index is 0.0287. The highest BCUT2D eigenvalue weighted by atomic mass is 16.1. The lowest BCUT2D eigenvalue weighted by Crippen LogP contribution is -2.37. The summed E-state index contributed by atoms with van der Waals surface area (Å²) >= 11 is 0. The number of nitriles is 1. The molecule has 0 bridgehead atoms. The van der Waals surface area contributed by atoms with Crippen LogP contribution in [0.25, 0.3) is 0 Å². The molecule has 2 aliphatic rings. The average molecular weight is 336 g/mol. The van der Waals surface area contributed by atoms with Crippen LogP contribution in [0.5, 0.6) is 0 Å². The number of aryl methyl sites for hydroxylation is 2. The Morgan fingerprint density at radius 2 is 2.04 bits per heavy atom. The molecule has 0 aromatic carbocycles. The Labute approximate surface area is 145 Å². The molecule has 1 aliphatic carbocycles. The van der Waals surface area contributed by atoms with Crippen LogP contribution in [0.2, 0.25) is 0 Å². The molecule has 1 aliphatic heterocycles. The fourth-order valence-corrected chi connectivity index (χ4v) is 3.70. The van der Waals surface area contributed by atoms with Crippen LogP contribution in [0.3, 0.4) is 0 Å². The highest BCUT2D eigenvalue weighted by Crippen LogP contribution is 2.23. The minimum atomic E-state index is 0.0287. The van der Waals surface area contributed by atoms with Crippen LogP contribution in [0.15, 0.2) is 23.3 Å². The van der Waals surface area contributed by atoms with Crippen molar-refractivity contribution in [2.45, 2.75) is 38.6 Å². The van der Waals surface area contributed by atoms with E-state index < -0.39 is 0 Å². The molecule has 1 fully saturated rings. The topological polar surface area (TPSA) is 87.7 Å². The molecule has 3 heterocycles. The van der Waals surface area contributed by atoms with Crippen molar-refractivity contribution in [2.24, 2.45) is 5.92 Å². The third-order valence-electron chi connectivity index (χ3n) is 5.15. The molecule has 128 valence electrons. The van der Waals surface area contributed by atoms with Gasteiger partial charge in [-0.2, -0.15) is 10.4 Å². The molecule has 0 unspecified atom stereocenters. The van der Waals surface area contributed by atoms with Crippen molar-refractivity contribution in [2.75, 3.05) is 18.0 Å². The summed E-state index contributed by atoms with van der Waals surface area (Å²) in [6.45, 7) is 2.45. The fourth-order valence-electron chi connectivity index (χ4n) is 3.70. The van der Waals surface area contributed by atoms with E-state index in [1.165, 1.54) is 6.20 Å². The first-order chi connectivity index (χ1) is 12.2. The number of aromatic nitrogens is 4. The van der Waals surface area contributed by atoms with Crippen molar-refractivity contribution in [1.29, 1.82) is 5.26 Å². The zero-order valence-electron chi connectivity index (χ0n) is 14.1. The van der Waals surface area contributed by atoms with E-state index >= 15 is 0 Å². The van der Waals surface area contributed by atoms with Gasteiger partial charge in [0.05, 0.1) is 18.1 Å². The summed E-state index contributed by atoms with van der Waals surface area (Å²) in [6, 6.07) is 3.76. The molecule has 0 saturated carbocycles. The lowest BCUT2D eigenvalue weighted by molar-refractivity contribution is 0.333. The number of nitrogens with zero attached hydrogens (tertiary/aromatic N) is 6. The van der Waals surface area contributed by atoms with Gasteiger partial charge in [-0.05, 0) is 43.6 Å². The van der Waals surface area contributed by atoms with Gasteiger partial charge in [-0.1, -0.05) is 0 Å². The monoisotopic (exact) mass is 336 g/mol. The molecule has 0 amide bonds. The van der Waals surface area contributed by atoms with Crippen molar-refractivity contribution in [3.63, 3.8) is 0 Å². The van der Waals surface area contributed by atoms with Crippen molar-refractivity contribution in [3.8, 4) is 6.07 Å². The summed E-state index contributed by atoms with van der Waals surface area (Å²) in [5, 5.41) is 13.4. The summed E-state index contributed by atoms with van der Waals surface area (Å²) in [5.74, 6) is 1.26. The maximum atomic E-state index is 12.2. The van der Waals surface area contributed by atoms with E-state index in [0.29, 0.717) is 18.2 Å². The maximum Gasteiger partial charge on any atom is 0.267 e. The molecular formula is C18H20N6O. The third kappa shape index (κ3) is 3.25. The highest BCUT2D eigenvalue weighted by molar-refractivity contribution is 5.37. The molecule has 0 atom stereocenters. The van der Waals surface area contributed by atoms with Gasteiger partial charge in [0.25, 0.3) is 5.56 Å². The Morgan fingerprint density at radius 1 is 1.20 bits per heavy atom. The van der Waals surface area contributed by atoms with E-state index in [0.717, 1.165) is 62.3 Å². The van der Waals surface area contributed by atoms with E-state index in [-0.39, 0.29) is 5.56 Å². The van der Waals surface area contributed by atoms with Gasteiger partial charge in [-0.3, -0.25) is 4.79 Å². The van der Waals surface area contributed by atoms with Gasteiger partial charge >= 0.3 is 0 Å². The maximum absolute atomic E-state index is 12.2. The third-order valence-corrected chi connectivity index (χ3v) is 5.15. The van der Waals surface area contributed by atoms with E-state index in [1.807, 2.05) is 6.07 Å². The second-order valence-electron chi connectivity index (χ2n) is 6.79. The SMILES string of the molecule is N#Cc1cnc(N2CCC(Cn3nc4c(cc3=O)CCC4)CC2)cn1.